The van der Waals surface area contributed by atoms with Crippen LogP contribution in [0.3, 0.4) is 0 Å². The Balaban J connectivity index is 4.70. The third kappa shape index (κ3) is 29.6. The minimum absolute atomic E-state index is 0.00136. The SMILES string of the molecule is CCCCCC/C=C\COC(=O)CCCN(CCCC(=O)OC(CCCCCC)CCCCCCCC)C(=O)SCCN(C)C. The highest BCUT2D eigenvalue weighted by atomic mass is 32.2. The van der Waals surface area contributed by atoms with Crippen molar-refractivity contribution in [3.05, 3.63) is 12.2 Å². The summed E-state index contributed by atoms with van der Waals surface area (Å²) in [6.45, 7) is 8.72. The molecule has 0 saturated carbocycles. The van der Waals surface area contributed by atoms with E-state index in [-0.39, 0.29) is 29.7 Å². The fraction of sp³-hybridized carbons (Fsp3) is 0.865. The first-order valence-corrected chi connectivity index (χ1v) is 19.4. The summed E-state index contributed by atoms with van der Waals surface area (Å²) in [4.78, 5) is 41.9. The van der Waals surface area contributed by atoms with Crippen molar-refractivity contribution >= 4 is 28.9 Å². The molecule has 1 amide bonds. The maximum Gasteiger partial charge on any atom is 0.306 e. The van der Waals surface area contributed by atoms with Crippen molar-refractivity contribution in [3.8, 4) is 0 Å². The molecule has 0 aromatic heterocycles. The van der Waals surface area contributed by atoms with E-state index < -0.39 is 0 Å². The Morgan fingerprint density at radius 1 is 0.644 bits per heavy atom. The third-order valence-electron chi connectivity index (χ3n) is 7.93. The molecule has 264 valence electrons. The van der Waals surface area contributed by atoms with Crippen molar-refractivity contribution in [3.63, 3.8) is 0 Å². The van der Waals surface area contributed by atoms with Gasteiger partial charge >= 0.3 is 11.9 Å². The van der Waals surface area contributed by atoms with Crippen LogP contribution in [0.2, 0.25) is 0 Å². The lowest BCUT2D eigenvalue weighted by atomic mass is 10.0. The van der Waals surface area contributed by atoms with Crippen LogP contribution in [0.5, 0.6) is 0 Å². The number of esters is 2. The number of thioether (sulfide) groups is 1. The Hall–Kier alpha value is -1.54. The molecule has 45 heavy (non-hydrogen) atoms. The number of hydrogen-bond acceptors (Lipinski definition) is 7. The van der Waals surface area contributed by atoms with E-state index in [1.54, 1.807) is 4.90 Å². The van der Waals surface area contributed by atoms with Crippen molar-refractivity contribution in [2.45, 2.75) is 162 Å². The molecule has 0 aliphatic rings. The molecule has 0 heterocycles. The summed E-state index contributed by atoms with van der Waals surface area (Å²) in [5.41, 5.74) is 0. The van der Waals surface area contributed by atoms with Crippen molar-refractivity contribution in [1.29, 1.82) is 0 Å². The number of ether oxygens (including phenoxy) is 2. The van der Waals surface area contributed by atoms with Crippen LogP contribution >= 0.6 is 11.8 Å². The zero-order valence-electron chi connectivity index (χ0n) is 30.0. The molecule has 0 bridgehead atoms. The number of carbonyl (C=O) groups excluding carboxylic acids is 3. The van der Waals surface area contributed by atoms with Crippen LogP contribution in [0.1, 0.15) is 156 Å². The van der Waals surface area contributed by atoms with Crippen molar-refractivity contribution in [2.24, 2.45) is 0 Å². The fourth-order valence-electron chi connectivity index (χ4n) is 5.08. The first-order valence-electron chi connectivity index (χ1n) is 18.4. The normalized spacial score (nSPS) is 12.1. The van der Waals surface area contributed by atoms with E-state index in [0.717, 1.165) is 38.6 Å². The summed E-state index contributed by atoms with van der Waals surface area (Å²) in [5, 5.41) is 0.00136. The van der Waals surface area contributed by atoms with Gasteiger partial charge in [-0.1, -0.05) is 115 Å². The monoisotopic (exact) mass is 655 g/mol. The van der Waals surface area contributed by atoms with Gasteiger partial charge in [-0.3, -0.25) is 14.4 Å². The van der Waals surface area contributed by atoms with Crippen molar-refractivity contribution in [1.82, 2.24) is 9.80 Å². The van der Waals surface area contributed by atoms with Crippen LogP contribution in [-0.4, -0.2) is 79.2 Å². The molecule has 0 rings (SSSR count). The van der Waals surface area contributed by atoms with Crippen LogP contribution in [0.25, 0.3) is 0 Å². The van der Waals surface area contributed by atoms with Gasteiger partial charge in [0.1, 0.15) is 12.7 Å². The van der Waals surface area contributed by atoms with Gasteiger partial charge < -0.3 is 19.3 Å². The number of allylic oxidation sites excluding steroid dienone is 1. The zero-order valence-corrected chi connectivity index (χ0v) is 30.8. The summed E-state index contributed by atoms with van der Waals surface area (Å²) in [7, 11) is 3.98. The molecule has 0 aromatic carbocycles. The molecule has 1 atom stereocenters. The highest BCUT2D eigenvalue weighted by Crippen LogP contribution is 2.18. The molecule has 0 radical (unpaired) electrons. The molecule has 8 heteroatoms. The van der Waals surface area contributed by atoms with Gasteiger partial charge in [-0.2, -0.15) is 0 Å². The summed E-state index contributed by atoms with van der Waals surface area (Å²) in [6, 6.07) is 0. The maximum absolute atomic E-state index is 13.0. The second-order valence-electron chi connectivity index (χ2n) is 12.6. The van der Waals surface area contributed by atoms with Crippen molar-refractivity contribution in [2.75, 3.05) is 46.1 Å². The van der Waals surface area contributed by atoms with Crippen molar-refractivity contribution < 1.29 is 23.9 Å². The topological polar surface area (TPSA) is 76.1 Å². The molecule has 0 aromatic rings. The highest BCUT2D eigenvalue weighted by Gasteiger charge is 2.18. The van der Waals surface area contributed by atoms with Crippen LogP contribution in [0.15, 0.2) is 12.2 Å². The van der Waals surface area contributed by atoms with E-state index >= 15 is 0 Å². The lowest BCUT2D eigenvalue weighted by molar-refractivity contribution is -0.150. The van der Waals surface area contributed by atoms with E-state index in [1.807, 2.05) is 20.2 Å². The maximum atomic E-state index is 13.0. The quantitative estimate of drug-likeness (QED) is 0.0418. The molecule has 0 spiro atoms. The second-order valence-corrected chi connectivity index (χ2v) is 13.7. The summed E-state index contributed by atoms with van der Waals surface area (Å²) in [5.74, 6) is 0.309. The van der Waals surface area contributed by atoms with E-state index in [4.69, 9.17) is 9.47 Å². The van der Waals surface area contributed by atoms with Crippen LogP contribution < -0.4 is 0 Å². The minimum atomic E-state index is -0.239. The molecule has 7 nitrogen and oxygen atoms in total. The molecular weight excluding hydrogens is 584 g/mol. The third-order valence-corrected chi connectivity index (χ3v) is 8.82. The van der Waals surface area contributed by atoms with Gasteiger partial charge in [-0.05, 0) is 65.5 Å². The Morgan fingerprint density at radius 2 is 1.18 bits per heavy atom. The number of carbonyl (C=O) groups is 3. The number of hydrogen-bond donors (Lipinski definition) is 0. The Morgan fingerprint density at radius 3 is 1.78 bits per heavy atom. The molecule has 0 saturated heterocycles. The summed E-state index contributed by atoms with van der Waals surface area (Å²) in [6.07, 6.45) is 25.6. The van der Waals surface area contributed by atoms with Gasteiger partial charge in [0.2, 0.25) is 0 Å². The van der Waals surface area contributed by atoms with Gasteiger partial charge in [0.25, 0.3) is 5.24 Å². The predicted octanol–water partition coefficient (Wildman–Crippen LogP) is 9.97. The van der Waals surface area contributed by atoms with Crippen LogP contribution in [0, 0.1) is 0 Å². The largest absolute Gasteiger partial charge is 0.462 e. The van der Waals surface area contributed by atoms with Crippen LogP contribution in [0.4, 0.5) is 4.79 Å². The molecule has 0 fully saturated rings. The number of rotatable bonds is 31. The Bertz CT molecular complexity index is 746. The Kier molecular flexibility index (Phi) is 31.3. The van der Waals surface area contributed by atoms with Crippen LogP contribution in [-0.2, 0) is 19.1 Å². The van der Waals surface area contributed by atoms with Gasteiger partial charge in [0.15, 0.2) is 0 Å². The average Bonchev–Trinajstić information content (AvgIpc) is 3.01. The average molecular weight is 655 g/mol. The first kappa shape index (κ1) is 43.5. The standard InChI is InChI=1S/C37H70N2O5S/c1-6-9-12-15-17-19-22-32-43-35(40)27-23-29-39(37(42)45-33-31-38(4)5)30-24-28-36(41)44-34(25-20-14-11-8-3)26-21-18-16-13-10-7-2/h19,22,34H,6-18,20-21,23-33H2,1-5H3/b22-19-. The Labute approximate surface area is 282 Å². The molecule has 0 aliphatic carbocycles. The van der Waals surface area contributed by atoms with Gasteiger partial charge in [0.05, 0.1) is 0 Å². The van der Waals surface area contributed by atoms with Gasteiger partial charge in [0, 0.05) is 38.2 Å². The smallest absolute Gasteiger partial charge is 0.306 e. The van der Waals surface area contributed by atoms with E-state index in [0.29, 0.717) is 44.7 Å². The lowest BCUT2D eigenvalue weighted by Crippen LogP contribution is -2.31. The number of amides is 1. The zero-order chi connectivity index (χ0) is 33.4. The lowest BCUT2D eigenvalue weighted by Gasteiger charge is -2.23. The summed E-state index contributed by atoms with van der Waals surface area (Å²) < 4.78 is 11.3. The summed E-state index contributed by atoms with van der Waals surface area (Å²) >= 11 is 1.30. The number of nitrogens with zero attached hydrogens (tertiary/aromatic N) is 2. The molecule has 0 N–H and O–H groups in total. The molecule has 0 aliphatic heterocycles. The van der Waals surface area contributed by atoms with E-state index in [2.05, 4.69) is 31.7 Å². The minimum Gasteiger partial charge on any atom is -0.462 e. The van der Waals surface area contributed by atoms with Gasteiger partial charge in [-0.15, -0.1) is 0 Å². The van der Waals surface area contributed by atoms with E-state index in [1.165, 1.54) is 88.8 Å². The van der Waals surface area contributed by atoms with Gasteiger partial charge in [-0.25, -0.2) is 0 Å². The second kappa shape index (κ2) is 32.4. The first-order chi connectivity index (χ1) is 21.8. The predicted molar refractivity (Wildman–Crippen MR) is 192 cm³/mol. The molecule has 1 unspecified atom stereocenters. The molecular formula is C37H70N2O5S. The fourth-order valence-corrected chi connectivity index (χ4v) is 6.07. The van der Waals surface area contributed by atoms with E-state index in [9.17, 15) is 14.4 Å². The highest BCUT2D eigenvalue weighted by molar-refractivity contribution is 8.13. The number of unbranched alkanes of at least 4 members (excludes halogenated alkanes) is 12.